The zero-order chi connectivity index (χ0) is 29.7. The van der Waals surface area contributed by atoms with Crippen molar-refractivity contribution in [1.29, 1.82) is 0 Å². The van der Waals surface area contributed by atoms with Gasteiger partial charge in [0.25, 0.3) is 5.91 Å². The van der Waals surface area contributed by atoms with E-state index in [0.29, 0.717) is 36.9 Å². The number of benzene rings is 1. The number of amides is 1. The molecule has 224 valence electrons. The zero-order valence-electron chi connectivity index (χ0n) is 24.3. The molecule has 0 bridgehead atoms. The molecule has 0 unspecified atom stereocenters. The Morgan fingerprint density at radius 1 is 1.16 bits per heavy atom. The number of aryl methyl sites for hydroxylation is 1. The molecule has 2 aliphatic rings. The maximum atomic E-state index is 14.3. The van der Waals surface area contributed by atoms with Gasteiger partial charge in [-0.05, 0) is 50.3 Å². The number of methoxy groups -OCH3 is 1. The number of ether oxygens (including phenoxy) is 2. The minimum atomic E-state index is -1.14. The number of alkyl halides is 1. The van der Waals surface area contributed by atoms with Crippen molar-refractivity contribution < 1.29 is 18.7 Å². The highest BCUT2D eigenvalue weighted by atomic mass is 19.1. The molecular formula is C31H35FN8O3. The van der Waals surface area contributed by atoms with Gasteiger partial charge in [0.15, 0.2) is 0 Å². The third-order valence-corrected chi connectivity index (χ3v) is 8.42. The fraction of sp³-hybridized carbons (Fsp3) is 0.419. The number of pyridine rings is 1. The Kier molecular flexibility index (Phi) is 7.00. The first kappa shape index (κ1) is 27.4. The summed E-state index contributed by atoms with van der Waals surface area (Å²) in [6.07, 6.45) is 6.41. The van der Waals surface area contributed by atoms with E-state index in [9.17, 15) is 9.18 Å². The Morgan fingerprint density at radius 3 is 2.77 bits per heavy atom. The van der Waals surface area contributed by atoms with Crippen LogP contribution in [0.4, 0.5) is 4.39 Å². The number of hydrogen-bond acceptors (Lipinski definition) is 7. The van der Waals surface area contributed by atoms with Crippen LogP contribution >= 0.6 is 0 Å². The van der Waals surface area contributed by atoms with Crippen molar-refractivity contribution >= 4 is 22.3 Å². The average molecular weight is 587 g/mol. The van der Waals surface area contributed by atoms with Gasteiger partial charge in [-0.25, -0.2) is 18.6 Å². The SMILES string of the molecule is COc1cc(C(=O)N2C[C@H](N)C[C@@H](F)C2)cn2nc(-c3cc4cccc(OCCn5cncn5)c4n3CC3CC3)c(C)c12. The summed E-state index contributed by atoms with van der Waals surface area (Å²) in [6.45, 7) is 4.27. The first-order valence-corrected chi connectivity index (χ1v) is 14.7. The average Bonchev–Trinajstić information content (AvgIpc) is 3.36. The van der Waals surface area contributed by atoms with Gasteiger partial charge < -0.3 is 24.7 Å². The number of aromatic nitrogens is 6. The lowest BCUT2D eigenvalue weighted by Gasteiger charge is -2.33. The number of para-hydroxylation sites is 1. The largest absolute Gasteiger partial charge is 0.494 e. The number of halogens is 1. The van der Waals surface area contributed by atoms with E-state index < -0.39 is 6.17 Å². The Balaban J connectivity index is 1.29. The molecule has 12 heteroatoms. The summed E-state index contributed by atoms with van der Waals surface area (Å²) in [4.78, 5) is 18.9. The molecule has 0 spiro atoms. The van der Waals surface area contributed by atoms with Crippen LogP contribution < -0.4 is 15.2 Å². The Bertz CT molecular complexity index is 1780. The molecule has 1 amide bonds. The first-order valence-electron chi connectivity index (χ1n) is 14.7. The van der Waals surface area contributed by atoms with Crippen LogP contribution in [0.3, 0.4) is 0 Å². The molecule has 2 N–H and O–H groups in total. The van der Waals surface area contributed by atoms with Crippen molar-refractivity contribution in [1.82, 2.24) is 33.8 Å². The van der Waals surface area contributed by atoms with E-state index in [1.807, 2.05) is 19.1 Å². The number of rotatable bonds is 9. The fourth-order valence-corrected chi connectivity index (χ4v) is 6.17. The molecule has 1 aromatic carbocycles. The van der Waals surface area contributed by atoms with Crippen LogP contribution in [-0.4, -0.2) is 78.8 Å². The van der Waals surface area contributed by atoms with Gasteiger partial charge in [-0.1, -0.05) is 12.1 Å². The number of piperidine rings is 1. The Labute approximate surface area is 248 Å². The summed E-state index contributed by atoms with van der Waals surface area (Å²) in [6, 6.07) is 9.58. The summed E-state index contributed by atoms with van der Waals surface area (Å²) >= 11 is 0. The van der Waals surface area contributed by atoms with Crippen molar-refractivity contribution in [3.8, 4) is 22.9 Å². The van der Waals surface area contributed by atoms with Crippen molar-refractivity contribution in [2.24, 2.45) is 11.7 Å². The van der Waals surface area contributed by atoms with Gasteiger partial charge in [-0.2, -0.15) is 10.2 Å². The summed E-state index contributed by atoms with van der Waals surface area (Å²) < 4.78 is 32.1. The smallest absolute Gasteiger partial charge is 0.255 e. The monoisotopic (exact) mass is 586 g/mol. The maximum Gasteiger partial charge on any atom is 0.255 e. The topological polar surface area (TPSA) is 118 Å². The third kappa shape index (κ3) is 5.20. The molecule has 0 radical (unpaired) electrons. The van der Waals surface area contributed by atoms with Gasteiger partial charge in [0.2, 0.25) is 0 Å². The van der Waals surface area contributed by atoms with Crippen molar-refractivity contribution in [2.75, 3.05) is 26.8 Å². The molecule has 1 aliphatic heterocycles. The summed E-state index contributed by atoms with van der Waals surface area (Å²) in [5.74, 6) is 1.65. The standard InChI is InChI=1S/C31H35FN8O3/c1-19-28(36-40-14-22(11-27(42-2)29(19)40)31(41)37-15-23(32)12-24(33)16-37)25-10-21-4-3-5-26(30(21)39(25)13-20-6-7-20)43-9-8-38-18-34-17-35-38/h3-5,10-11,14,17-18,20,23-24H,6-9,12-13,15-16,33H2,1-2H3/t23-,24-/m1/s1. The van der Waals surface area contributed by atoms with Crippen molar-refractivity contribution in [3.05, 3.63) is 60.3 Å². The summed E-state index contributed by atoms with van der Waals surface area (Å²) in [5, 5.41) is 10.2. The van der Waals surface area contributed by atoms with E-state index >= 15 is 0 Å². The third-order valence-electron chi connectivity index (χ3n) is 8.42. The summed E-state index contributed by atoms with van der Waals surface area (Å²) in [5.41, 5.74) is 10.9. The highest BCUT2D eigenvalue weighted by molar-refractivity contribution is 5.96. The minimum absolute atomic E-state index is 0.0286. The van der Waals surface area contributed by atoms with Crippen LogP contribution in [0.5, 0.6) is 11.5 Å². The maximum absolute atomic E-state index is 14.3. The number of fused-ring (bicyclic) bond motifs is 2. The molecule has 43 heavy (non-hydrogen) atoms. The Hall–Kier alpha value is -4.45. The van der Waals surface area contributed by atoms with Gasteiger partial charge in [0.05, 0.1) is 37.0 Å². The number of hydrogen-bond donors (Lipinski definition) is 1. The van der Waals surface area contributed by atoms with Crippen molar-refractivity contribution in [2.45, 2.75) is 51.5 Å². The minimum Gasteiger partial charge on any atom is -0.494 e. The van der Waals surface area contributed by atoms with E-state index in [2.05, 4.69) is 26.8 Å². The van der Waals surface area contributed by atoms with Crippen LogP contribution in [0.1, 0.15) is 35.2 Å². The zero-order valence-corrected chi connectivity index (χ0v) is 24.3. The normalized spacial score (nSPS) is 18.9. The molecule has 2 atom stereocenters. The quantitative estimate of drug-likeness (QED) is 0.279. The van der Waals surface area contributed by atoms with Gasteiger partial charge >= 0.3 is 0 Å². The van der Waals surface area contributed by atoms with E-state index in [1.54, 1.807) is 34.9 Å². The number of nitrogens with two attached hydrogens (primary N) is 1. The number of nitrogens with zero attached hydrogens (tertiary/aromatic N) is 7. The van der Waals surface area contributed by atoms with Crippen LogP contribution in [0.15, 0.2) is 49.2 Å². The second-order valence-corrected chi connectivity index (χ2v) is 11.7. The van der Waals surface area contributed by atoms with Gasteiger partial charge in [-0.15, -0.1) is 0 Å². The van der Waals surface area contributed by atoms with Crippen LogP contribution in [0.25, 0.3) is 27.8 Å². The molecule has 5 heterocycles. The van der Waals surface area contributed by atoms with E-state index in [0.717, 1.165) is 45.7 Å². The molecular weight excluding hydrogens is 551 g/mol. The molecule has 5 aromatic rings. The molecule has 7 rings (SSSR count). The molecule has 11 nitrogen and oxygen atoms in total. The lowest BCUT2D eigenvalue weighted by molar-refractivity contribution is 0.0606. The highest BCUT2D eigenvalue weighted by Crippen LogP contribution is 2.40. The van der Waals surface area contributed by atoms with Crippen LogP contribution in [0.2, 0.25) is 0 Å². The van der Waals surface area contributed by atoms with Gasteiger partial charge in [0.1, 0.15) is 48.1 Å². The fourth-order valence-electron chi connectivity index (χ4n) is 6.17. The van der Waals surface area contributed by atoms with E-state index in [-0.39, 0.29) is 24.9 Å². The lowest BCUT2D eigenvalue weighted by atomic mass is 10.0. The molecule has 1 saturated heterocycles. The molecule has 4 aromatic heterocycles. The van der Waals surface area contributed by atoms with E-state index in [1.165, 1.54) is 24.1 Å². The second-order valence-electron chi connectivity index (χ2n) is 11.7. The van der Waals surface area contributed by atoms with Gasteiger partial charge in [-0.3, -0.25) is 4.79 Å². The van der Waals surface area contributed by atoms with Crippen LogP contribution in [0, 0.1) is 12.8 Å². The molecule has 1 aliphatic carbocycles. The predicted octanol–water partition coefficient (Wildman–Crippen LogP) is 3.86. The number of carbonyl (C=O) groups excluding carboxylic acids is 1. The second kappa shape index (κ2) is 11.0. The van der Waals surface area contributed by atoms with E-state index in [4.69, 9.17) is 20.3 Å². The molecule has 2 fully saturated rings. The first-order chi connectivity index (χ1) is 20.9. The van der Waals surface area contributed by atoms with Crippen molar-refractivity contribution in [3.63, 3.8) is 0 Å². The predicted molar refractivity (Wildman–Crippen MR) is 159 cm³/mol. The molecule has 1 saturated carbocycles. The Morgan fingerprint density at radius 2 is 2.02 bits per heavy atom. The van der Waals surface area contributed by atoms with Crippen LogP contribution in [-0.2, 0) is 13.1 Å². The highest BCUT2D eigenvalue weighted by Gasteiger charge is 2.31. The lowest BCUT2D eigenvalue weighted by Crippen LogP contribution is -2.50. The number of likely N-dealkylation sites (tertiary alicyclic amines) is 1. The summed E-state index contributed by atoms with van der Waals surface area (Å²) in [7, 11) is 1.58. The number of carbonyl (C=O) groups is 1. The van der Waals surface area contributed by atoms with Gasteiger partial charge in [0, 0.05) is 36.3 Å².